The van der Waals surface area contributed by atoms with Crippen LogP contribution in [0.15, 0.2) is 91.1 Å². The molecule has 0 radical (unpaired) electrons. The van der Waals surface area contributed by atoms with Crippen molar-refractivity contribution < 1.29 is 0 Å². The van der Waals surface area contributed by atoms with Crippen LogP contribution in [0.25, 0.3) is 55.1 Å². The predicted octanol–water partition coefficient (Wildman–Crippen LogP) is 9.03. The van der Waals surface area contributed by atoms with Crippen LogP contribution in [-0.4, -0.2) is 14.1 Å². The summed E-state index contributed by atoms with van der Waals surface area (Å²) in [5.74, 6) is 0.976. The highest BCUT2D eigenvalue weighted by atomic mass is 15.1. The van der Waals surface area contributed by atoms with E-state index in [1.54, 1.807) is 11.1 Å². The SMILES string of the molecule is c1ccc2c(c1)c1c3c(ccc1n2-c1ccc(-n2c4ccccc4c4c5c(ccc42)CCCC5)nc1)CCCC3. The first-order chi connectivity index (χ1) is 19.9. The van der Waals surface area contributed by atoms with Crippen molar-refractivity contribution in [2.45, 2.75) is 51.4 Å². The van der Waals surface area contributed by atoms with E-state index in [1.165, 1.54) is 106 Å². The van der Waals surface area contributed by atoms with Crippen LogP contribution in [0.2, 0.25) is 0 Å². The first-order valence-corrected chi connectivity index (χ1v) is 14.9. The van der Waals surface area contributed by atoms with E-state index in [0.29, 0.717) is 0 Å². The third kappa shape index (κ3) is 3.09. The second-order valence-electron chi connectivity index (χ2n) is 11.7. The van der Waals surface area contributed by atoms with Gasteiger partial charge in [-0.2, -0.15) is 0 Å². The number of para-hydroxylation sites is 2. The molecule has 40 heavy (non-hydrogen) atoms. The Bertz CT molecular complexity index is 1950. The molecule has 2 aliphatic carbocycles. The summed E-state index contributed by atoms with van der Waals surface area (Å²) in [4.78, 5) is 5.13. The van der Waals surface area contributed by atoms with Gasteiger partial charge in [-0.05, 0) is 110 Å². The van der Waals surface area contributed by atoms with Gasteiger partial charge in [0.15, 0.2) is 0 Å². The Hall–Kier alpha value is -4.37. The molecule has 0 saturated heterocycles. The number of pyridine rings is 1. The second kappa shape index (κ2) is 8.56. The highest BCUT2D eigenvalue weighted by Gasteiger charge is 2.22. The summed E-state index contributed by atoms with van der Waals surface area (Å²) in [7, 11) is 0. The average Bonchev–Trinajstić information content (AvgIpc) is 3.55. The first kappa shape index (κ1) is 22.4. The molecule has 2 aliphatic rings. The molecular weight excluding hydrogens is 486 g/mol. The van der Waals surface area contributed by atoms with Crippen molar-refractivity contribution in [3.8, 4) is 11.5 Å². The van der Waals surface area contributed by atoms with Crippen LogP contribution >= 0.6 is 0 Å². The zero-order valence-electron chi connectivity index (χ0n) is 22.7. The molecule has 0 unspecified atom stereocenters. The van der Waals surface area contributed by atoms with Crippen molar-refractivity contribution in [3.05, 3.63) is 113 Å². The molecule has 3 heteroatoms. The van der Waals surface area contributed by atoms with E-state index < -0.39 is 0 Å². The number of hydrogen-bond donors (Lipinski definition) is 0. The third-order valence-corrected chi connectivity index (χ3v) is 9.55. The molecule has 3 nitrogen and oxygen atoms in total. The number of benzene rings is 4. The molecular formula is C37H31N3. The lowest BCUT2D eigenvalue weighted by Gasteiger charge is -2.17. The molecule has 3 heterocycles. The van der Waals surface area contributed by atoms with E-state index >= 15 is 0 Å². The smallest absolute Gasteiger partial charge is 0.137 e. The van der Waals surface area contributed by atoms with Gasteiger partial charge in [-0.25, -0.2) is 4.98 Å². The van der Waals surface area contributed by atoms with Gasteiger partial charge in [0.25, 0.3) is 0 Å². The van der Waals surface area contributed by atoms with Gasteiger partial charge in [-0.1, -0.05) is 48.5 Å². The molecule has 0 bridgehead atoms. The first-order valence-electron chi connectivity index (χ1n) is 14.9. The second-order valence-corrected chi connectivity index (χ2v) is 11.7. The average molecular weight is 518 g/mol. The summed E-state index contributed by atoms with van der Waals surface area (Å²) in [6.07, 6.45) is 12.0. The van der Waals surface area contributed by atoms with Gasteiger partial charge >= 0.3 is 0 Å². The topological polar surface area (TPSA) is 22.8 Å². The van der Waals surface area contributed by atoms with Gasteiger partial charge < -0.3 is 4.57 Å². The number of hydrogen-bond acceptors (Lipinski definition) is 1. The summed E-state index contributed by atoms with van der Waals surface area (Å²) in [5.41, 5.74) is 12.3. The summed E-state index contributed by atoms with van der Waals surface area (Å²) >= 11 is 0. The molecule has 0 N–H and O–H groups in total. The fraction of sp³-hybridized carbons (Fsp3) is 0.216. The van der Waals surface area contributed by atoms with Crippen molar-refractivity contribution in [1.29, 1.82) is 0 Å². The van der Waals surface area contributed by atoms with Crippen LogP contribution in [0.3, 0.4) is 0 Å². The molecule has 7 aromatic rings. The maximum absolute atomic E-state index is 5.13. The fourth-order valence-corrected chi connectivity index (χ4v) is 7.79. The summed E-state index contributed by atoms with van der Waals surface area (Å²) in [6, 6.07) is 31.6. The minimum absolute atomic E-state index is 0.976. The fourth-order valence-electron chi connectivity index (χ4n) is 7.79. The van der Waals surface area contributed by atoms with Crippen molar-refractivity contribution >= 4 is 43.6 Å². The van der Waals surface area contributed by atoms with Crippen molar-refractivity contribution in [2.24, 2.45) is 0 Å². The Kier molecular flexibility index (Phi) is 4.81. The zero-order valence-corrected chi connectivity index (χ0v) is 22.7. The van der Waals surface area contributed by atoms with E-state index in [0.717, 1.165) is 11.5 Å². The van der Waals surface area contributed by atoms with Crippen LogP contribution < -0.4 is 0 Å². The maximum Gasteiger partial charge on any atom is 0.137 e. The van der Waals surface area contributed by atoms with Crippen LogP contribution in [0, 0.1) is 0 Å². The summed E-state index contributed by atoms with van der Waals surface area (Å²) in [5, 5.41) is 5.55. The molecule has 3 aromatic heterocycles. The number of fused-ring (bicyclic) bond motifs is 10. The highest BCUT2D eigenvalue weighted by molar-refractivity contribution is 6.12. The Balaban J connectivity index is 1.25. The quantitative estimate of drug-likeness (QED) is 0.224. The Labute approximate surface area is 233 Å². The minimum Gasteiger partial charge on any atom is -0.308 e. The van der Waals surface area contributed by atoms with Crippen LogP contribution in [-0.2, 0) is 25.7 Å². The number of aromatic nitrogens is 3. The normalized spacial score (nSPS) is 15.2. The van der Waals surface area contributed by atoms with Crippen molar-refractivity contribution in [2.75, 3.05) is 0 Å². The molecule has 0 saturated carbocycles. The highest BCUT2D eigenvalue weighted by Crippen LogP contribution is 2.40. The van der Waals surface area contributed by atoms with E-state index in [2.05, 4.69) is 100 Å². The molecule has 0 aliphatic heterocycles. The third-order valence-electron chi connectivity index (χ3n) is 9.55. The van der Waals surface area contributed by atoms with Gasteiger partial charge in [-0.3, -0.25) is 4.57 Å². The van der Waals surface area contributed by atoms with E-state index in [1.807, 2.05) is 0 Å². The van der Waals surface area contributed by atoms with Gasteiger partial charge in [-0.15, -0.1) is 0 Å². The Morgan fingerprint density at radius 2 is 1.02 bits per heavy atom. The summed E-state index contributed by atoms with van der Waals surface area (Å²) < 4.78 is 4.78. The van der Waals surface area contributed by atoms with Crippen molar-refractivity contribution in [1.82, 2.24) is 14.1 Å². The Morgan fingerprint density at radius 3 is 1.62 bits per heavy atom. The number of rotatable bonds is 2. The molecule has 0 spiro atoms. The molecule has 9 rings (SSSR count). The molecule has 194 valence electrons. The van der Waals surface area contributed by atoms with Crippen molar-refractivity contribution in [3.63, 3.8) is 0 Å². The Morgan fingerprint density at radius 1 is 0.475 bits per heavy atom. The lowest BCUT2D eigenvalue weighted by atomic mass is 9.88. The van der Waals surface area contributed by atoms with Gasteiger partial charge in [0.05, 0.1) is 34.0 Å². The monoisotopic (exact) mass is 517 g/mol. The van der Waals surface area contributed by atoms with Gasteiger partial charge in [0.2, 0.25) is 0 Å². The largest absolute Gasteiger partial charge is 0.308 e. The lowest BCUT2D eigenvalue weighted by molar-refractivity contribution is 0.690. The summed E-state index contributed by atoms with van der Waals surface area (Å²) in [6.45, 7) is 0. The lowest BCUT2D eigenvalue weighted by Crippen LogP contribution is -2.04. The molecule has 0 amide bonds. The van der Waals surface area contributed by atoms with E-state index in [4.69, 9.17) is 4.98 Å². The van der Waals surface area contributed by atoms with E-state index in [-0.39, 0.29) is 0 Å². The molecule has 0 atom stereocenters. The minimum atomic E-state index is 0.976. The molecule has 4 aromatic carbocycles. The van der Waals surface area contributed by atoms with Crippen LogP contribution in [0.1, 0.15) is 47.9 Å². The van der Waals surface area contributed by atoms with Gasteiger partial charge in [0.1, 0.15) is 5.82 Å². The van der Waals surface area contributed by atoms with Crippen LogP contribution in [0.5, 0.6) is 0 Å². The predicted molar refractivity (Wildman–Crippen MR) is 166 cm³/mol. The number of nitrogens with zero attached hydrogens (tertiary/aromatic N) is 3. The molecule has 0 fully saturated rings. The van der Waals surface area contributed by atoms with Crippen LogP contribution in [0.4, 0.5) is 0 Å². The zero-order chi connectivity index (χ0) is 26.2. The standard InChI is InChI=1S/C37H31N3/c1-3-11-27-24(9-1)17-20-33-36(27)29-13-5-7-15-31(29)39(33)26-19-22-35(38-23-26)40-32-16-8-6-14-30(32)37-28-12-4-2-10-25(28)18-21-34(37)40/h5-8,13-23H,1-4,9-12H2. The number of aryl methyl sites for hydroxylation is 4. The van der Waals surface area contributed by atoms with E-state index in [9.17, 15) is 0 Å². The van der Waals surface area contributed by atoms with Gasteiger partial charge in [0, 0.05) is 21.5 Å². The maximum atomic E-state index is 5.13.